The third kappa shape index (κ3) is 3.45. The van der Waals surface area contributed by atoms with Gasteiger partial charge < -0.3 is 10.1 Å². The van der Waals surface area contributed by atoms with Crippen molar-refractivity contribution in [1.29, 1.82) is 0 Å². The van der Waals surface area contributed by atoms with Gasteiger partial charge in [0.1, 0.15) is 17.4 Å². The zero-order chi connectivity index (χ0) is 15.4. The molecule has 0 aliphatic rings. The third-order valence-corrected chi connectivity index (χ3v) is 3.54. The van der Waals surface area contributed by atoms with E-state index in [4.69, 9.17) is 16.3 Å². The number of aryl methyl sites for hydroxylation is 1. The third-order valence-electron chi connectivity index (χ3n) is 3.22. The summed E-state index contributed by atoms with van der Waals surface area (Å²) in [5.74, 6) is 2.27. The molecule has 0 aliphatic carbocycles. The van der Waals surface area contributed by atoms with Crippen LogP contribution in [-0.4, -0.2) is 23.6 Å². The average Bonchev–Trinajstić information content (AvgIpc) is 2.48. The van der Waals surface area contributed by atoms with Crippen LogP contribution in [0.5, 0.6) is 5.75 Å². The molecular weight excluding hydrogens is 286 g/mol. The smallest absolute Gasteiger partial charge is 0.138 e. The van der Waals surface area contributed by atoms with Gasteiger partial charge in [-0.2, -0.15) is 0 Å². The number of methoxy groups -OCH3 is 1. The highest BCUT2D eigenvalue weighted by molar-refractivity contribution is 6.32. The zero-order valence-electron chi connectivity index (χ0n) is 12.8. The molecule has 1 N–H and O–H groups in total. The van der Waals surface area contributed by atoms with Gasteiger partial charge in [0.2, 0.25) is 0 Å². The Morgan fingerprint density at radius 2 is 2.00 bits per heavy atom. The van der Waals surface area contributed by atoms with Crippen LogP contribution in [0.2, 0.25) is 5.02 Å². The lowest BCUT2D eigenvalue weighted by molar-refractivity contribution is 0.415. The quantitative estimate of drug-likeness (QED) is 0.897. The molecule has 1 aromatic carbocycles. The molecule has 4 nitrogen and oxygen atoms in total. The molecule has 0 saturated carbocycles. The van der Waals surface area contributed by atoms with Crippen molar-refractivity contribution in [1.82, 2.24) is 9.97 Å². The summed E-state index contributed by atoms with van der Waals surface area (Å²) in [6, 6.07) is 5.68. The van der Waals surface area contributed by atoms with Gasteiger partial charge in [-0.25, -0.2) is 9.97 Å². The fourth-order valence-corrected chi connectivity index (χ4v) is 2.33. The first kappa shape index (κ1) is 15.6. The minimum atomic E-state index is 0.592. The number of nitrogens with one attached hydrogen (secondary N) is 1. The van der Waals surface area contributed by atoms with Crippen molar-refractivity contribution in [3.05, 3.63) is 34.6 Å². The van der Waals surface area contributed by atoms with Crippen molar-refractivity contribution in [2.45, 2.75) is 27.2 Å². The Labute approximate surface area is 130 Å². The molecule has 1 heterocycles. The van der Waals surface area contributed by atoms with Crippen LogP contribution in [0.3, 0.4) is 0 Å². The number of nitrogens with zero attached hydrogens (tertiary/aromatic N) is 2. The Hall–Kier alpha value is -1.81. The van der Waals surface area contributed by atoms with Crippen LogP contribution in [0.4, 0.5) is 5.82 Å². The molecule has 0 atom stereocenters. The van der Waals surface area contributed by atoms with E-state index in [1.165, 1.54) is 0 Å². The molecule has 0 amide bonds. The largest absolute Gasteiger partial charge is 0.495 e. The van der Waals surface area contributed by atoms with Gasteiger partial charge in [-0.3, -0.25) is 0 Å². The zero-order valence-corrected chi connectivity index (χ0v) is 13.6. The van der Waals surface area contributed by atoms with Gasteiger partial charge in [-0.05, 0) is 32.4 Å². The Balaban J connectivity index is 2.50. The molecule has 0 bridgehead atoms. The first-order valence-corrected chi connectivity index (χ1v) is 7.37. The molecule has 1 aromatic heterocycles. The van der Waals surface area contributed by atoms with Crippen molar-refractivity contribution < 1.29 is 4.74 Å². The first-order valence-electron chi connectivity index (χ1n) is 6.99. The van der Waals surface area contributed by atoms with Crippen LogP contribution >= 0.6 is 11.6 Å². The molecule has 2 aromatic rings. The fraction of sp³-hybridized carbons (Fsp3) is 0.375. The van der Waals surface area contributed by atoms with Crippen molar-refractivity contribution in [2.75, 3.05) is 19.0 Å². The summed E-state index contributed by atoms with van der Waals surface area (Å²) >= 11 is 6.08. The number of ether oxygens (including phenoxy) is 1. The number of hydrogen-bond donors (Lipinski definition) is 1. The molecule has 2 rings (SSSR count). The molecular formula is C16H20ClN3O. The minimum absolute atomic E-state index is 0.592. The Bertz CT molecular complexity index is 644. The molecule has 0 radical (unpaired) electrons. The number of aromatic nitrogens is 2. The monoisotopic (exact) mass is 305 g/mol. The van der Waals surface area contributed by atoms with Gasteiger partial charge in [0, 0.05) is 17.7 Å². The molecule has 0 aliphatic heterocycles. The van der Waals surface area contributed by atoms with Crippen LogP contribution in [0.25, 0.3) is 11.3 Å². The number of anilines is 1. The fourth-order valence-electron chi connectivity index (χ4n) is 2.13. The van der Waals surface area contributed by atoms with E-state index in [9.17, 15) is 0 Å². The van der Waals surface area contributed by atoms with Crippen LogP contribution in [0, 0.1) is 13.8 Å². The average molecular weight is 306 g/mol. The Morgan fingerprint density at radius 1 is 1.24 bits per heavy atom. The predicted molar refractivity (Wildman–Crippen MR) is 87.3 cm³/mol. The summed E-state index contributed by atoms with van der Waals surface area (Å²) in [6.45, 7) is 6.93. The van der Waals surface area contributed by atoms with Gasteiger partial charge in [-0.15, -0.1) is 0 Å². The molecule has 0 fully saturated rings. The number of benzene rings is 1. The summed E-state index contributed by atoms with van der Waals surface area (Å²) in [5.41, 5.74) is 2.90. The van der Waals surface area contributed by atoms with E-state index >= 15 is 0 Å². The van der Waals surface area contributed by atoms with E-state index in [2.05, 4.69) is 22.2 Å². The standard InChI is InChI=1S/C16H20ClN3O/c1-5-8-18-16-10(2)15(19-11(3)20-16)12-6-7-13(17)14(9-12)21-4/h6-7,9H,5,8H2,1-4H3,(H,18,19,20). The molecule has 112 valence electrons. The Kier molecular flexibility index (Phi) is 5.02. The minimum Gasteiger partial charge on any atom is -0.495 e. The lowest BCUT2D eigenvalue weighted by Gasteiger charge is -2.13. The highest BCUT2D eigenvalue weighted by Crippen LogP contribution is 2.32. The van der Waals surface area contributed by atoms with Gasteiger partial charge in [0.25, 0.3) is 0 Å². The maximum Gasteiger partial charge on any atom is 0.138 e. The molecule has 0 saturated heterocycles. The lowest BCUT2D eigenvalue weighted by atomic mass is 10.1. The van der Waals surface area contributed by atoms with Crippen molar-refractivity contribution in [3.8, 4) is 17.0 Å². The second-order valence-electron chi connectivity index (χ2n) is 4.87. The lowest BCUT2D eigenvalue weighted by Crippen LogP contribution is -2.07. The highest BCUT2D eigenvalue weighted by atomic mass is 35.5. The van der Waals surface area contributed by atoms with E-state index in [-0.39, 0.29) is 0 Å². The van der Waals surface area contributed by atoms with Crippen molar-refractivity contribution >= 4 is 17.4 Å². The normalized spacial score (nSPS) is 10.5. The molecule has 5 heteroatoms. The van der Waals surface area contributed by atoms with Gasteiger partial charge in [0.15, 0.2) is 0 Å². The summed E-state index contributed by atoms with van der Waals surface area (Å²) in [7, 11) is 1.61. The predicted octanol–water partition coefficient (Wildman–Crippen LogP) is 4.24. The van der Waals surface area contributed by atoms with E-state index in [1.54, 1.807) is 7.11 Å². The maximum absolute atomic E-state index is 6.08. The van der Waals surface area contributed by atoms with Gasteiger partial charge in [0.05, 0.1) is 17.8 Å². The van der Waals surface area contributed by atoms with E-state index in [0.29, 0.717) is 10.8 Å². The summed E-state index contributed by atoms with van der Waals surface area (Å²) in [6.07, 6.45) is 1.05. The summed E-state index contributed by atoms with van der Waals surface area (Å²) < 4.78 is 5.28. The van der Waals surface area contributed by atoms with Crippen LogP contribution in [0.15, 0.2) is 18.2 Å². The van der Waals surface area contributed by atoms with Crippen LogP contribution < -0.4 is 10.1 Å². The molecule has 0 unspecified atom stereocenters. The van der Waals surface area contributed by atoms with Gasteiger partial charge >= 0.3 is 0 Å². The van der Waals surface area contributed by atoms with Gasteiger partial charge in [-0.1, -0.05) is 24.6 Å². The second-order valence-corrected chi connectivity index (χ2v) is 5.28. The van der Waals surface area contributed by atoms with Crippen LogP contribution in [0.1, 0.15) is 24.7 Å². The van der Waals surface area contributed by atoms with Crippen molar-refractivity contribution in [3.63, 3.8) is 0 Å². The second kappa shape index (κ2) is 6.76. The maximum atomic E-state index is 6.08. The Morgan fingerprint density at radius 3 is 2.67 bits per heavy atom. The topological polar surface area (TPSA) is 47.0 Å². The number of rotatable bonds is 5. The van der Waals surface area contributed by atoms with E-state index in [1.807, 2.05) is 32.0 Å². The number of halogens is 1. The summed E-state index contributed by atoms with van der Waals surface area (Å²) in [4.78, 5) is 9.04. The summed E-state index contributed by atoms with van der Waals surface area (Å²) in [5, 5.41) is 3.94. The van der Waals surface area contributed by atoms with Crippen LogP contribution in [-0.2, 0) is 0 Å². The highest BCUT2D eigenvalue weighted by Gasteiger charge is 2.12. The molecule has 0 spiro atoms. The number of hydrogen-bond acceptors (Lipinski definition) is 4. The molecule has 21 heavy (non-hydrogen) atoms. The first-order chi connectivity index (χ1) is 10.1. The van der Waals surface area contributed by atoms with E-state index < -0.39 is 0 Å². The van der Waals surface area contributed by atoms with Crippen molar-refractivity contribution in [2.24, 2.45) is 0 Å². The SMILES string of the molecule is CCCNc1nc(C)nc(-c2ccc(Cl)c(OC)c2)c1C. The van der Waals surface area contributed by atoms with E-state index in [0.717, 1.165) is 41.4 Å².